The van der Waals surface area contributed by atoms with E-state index < -0.39 is 5.54 Å². The van der Waals surface area contributed by atoms with Gasteiger partial charge in [-0.2, -0.15) is 0 Å². The lowest BCUT2D eigenvalue weighted by Crippen LogP contribution is -2.55. The number of hydrogen-bond acceptors (Lipinski definition) is 4. The fourth-order valence-electron chi connectivity index (χ4n) is 6.21. The van der Waals surface area contributed by atoms with Crippen molar-refractivity contribution in [2.24, 2.45) is 5.92 Å². The molecule has 0 aliphatic carbocycles. The Balaban J connectivity index is 1.36. The molecule has 3 fully saturated rings. The van der Waals surface area contributed by atoms with Gasteiger partial charge in [-0.15, -0.1) is 0 Å². The first kappa shape index (κ1) is 19.5. The van der Waals surface area contributed by atoms with Gasteiger partial charge in [0.05, 0.1) is 5.92 Å². The molecule has 4 heterocycles. The van der Waals surface area contributed by atoms with Crippen LogP contribution in [0.3, 0.4) is 0 Å². The molecule has 0 bridgehead atoms. The Labute approximate surface area is 177 Å². The van der Waals surface area contributed by atoms with Gasteiger partial charge in [0.2, 0.25) is 11.8 Å². The molecule has 1 N–H and O–H groups in total. The summed E-state index contributed by atoms with van der Waals surface area (Å²) in [5, 5.41) is 3.10. The number of nitrogens with one attached hydrogen (secondary N) is 1. The Bertz CT molecular complexity index is 887. The van der Waals surface area contributed by atoms with E-state index in [0.29, 0.717) is 19.5 Å². The van der Waals surface area contributed by atoms with Crippen molar-refractivity contribution in [3.05, 3.63) is 29.8 Å². The highest BCUT2D eigenvalue weighted by molar-refractivity contribution is 6.10. The number of carbonyl (C=O) groups excluding carboxylic acids is 3. The van der Waals surface area contributed by atoms with Crippen molar-refractivity contribution in [1.29, 1.82) is 0 Å². The van der Waals surface area contributed by atoms with Crippen molar-refractivity contribution in [1.82, 2.24) is 15.1 Å². The van der Waals surface area contributed by atoms with Crippen molar-refractivity contribution in [2.45, 2.75) is 50.1 Å². The lowest BCUT2D eigenvalue weighted by molar-refractivity contribution is -0.138. The standard InChI is InChI=1S/C23H30N4O3/c1-25-19-9-3-2-8-17(19)23(22(25)30)18(15-16-7-4-14-27(16)23)21(29)24-11-6-13-26-12-5-10-20(26)28/h2-3,8-9,16,18H,4-7,10-15H2,1H3,(H,24,29). The van der Waals surface area contributed by atoms with E-state index in [-0.39, 0.29) is 29.7 Å². The molecule has 3 atom stereocenters. The van der Waals surface area contributed by atoms with Gasteiger partial charge in [-0.3, -0.25) is 19.3 Å². The maximum Gasteiger partial charge on any atom is 0.252 e. The SMILES string of the molecule is CN1C(=O)C2(c3ccccc31)C(C(=O)NCCCN1CCCC1=O)CC1CCCN12. The van der Waals surface area contributed by atoms with Crippen LogP contribution in [0.4, 0.5) is 5.69 Å². The molecule has 1 aromatic carbocycles. The van der Waals surface area contributed by atoms with Gasteiger partial charge in [0.1, 0.15) is 5.54 Å². The number of amides is 3. The number of benzene rings is 1. The first-order valence-corrected chi connectivity index (χ1v) is 11.2. The highest BCUT2D eigenvalue weighted by Crippen LogP contribution is 2.56. The molecular weight excluding hydrogens is 380 g/mol. The number of para-hydroxylation sites is 1. The lowest BCUT2D eigenvalue weighted by atomic mass is 9.78. The van der Waals surface area contributed by atoms with Gasteiger partial charge in [0.15, 0.2) is 0 Å². The zero-order valence-corrected chi connectivity index (χ0v) is 17.6. The molecule has 0 aromatic heterocycles. The fraction of sp³-hybridized carbons (Fsp3) is 0.609. The summed E-state index contributed by atoms with van der Waals surface area (Å²) in [5.41, 5.74) is 1.02. The van der Waals surface area contributed by atoms with E-state index in [9.17, 15) is 14.4 Å². The van der Waals surface area contributed by atoms with E-state index in [0.717, 1.165) is 56.4 Å². The third kappa shape index (κ3) is 2.71. The normalized spacial score (nSPS) is 30.4. The van der Waals surface area contributed by atoms with Crippen LogP contribution in [0.25, 0.3) is 0 Å². The molecule has 3 saturated heterocycles. The molecule has 0 saturated carbocycles. The van der Waals surface area contributed by atoms with E-state index in [4.69, 9.17) is 0 Å². The molecule has 4 aliphatic heterocycles. The number of likely N-dealkylation sites (tertiary alicyclic amines) is 1. The van der Waals surface area contributed by atoms with E-state index in [1.807, 2.05) is 36.2 Å². The smallest absolute Gasteiger partial charge is 0.252 e. The first-order chi connectivity index (χ1) is 14.5. The largest absolute Gasteiger partial charge is 0.356 e. The molecule has 3 unspecified atom stereocenters. The fourth-order valence-corrected chi connectivity index (χ4v) is 6.21. The molecule has 5 rings (SSSR count). The highest BCUT2D eigenvalue weighted by atomic mass is 16.2. The summed E-state index contributed by atoms with van der Waals surface area (Å²) < 4.78 is 0. The second-order valence-electron chi connectivity index (χ2n) is 9.05. The second kappa shape index (κ2) is 7.38. The monoisotopic (exact) mass is 410 g/mol. The van der Waals surface area contributed by atoms with Crippen LogP contribution in [0.2, 0.25) is 0 Å². The quantitative estimate of drug-likeness (QED) is 0.747. The number of rotatable bonds is 5. The van der Waals surface area contributed by atoms with Crippen LogP contribution >= 0.6 is 0 Å². The zero-order chi connectivity index (χ0) is 20.9. The summed E-state index contributed by atoms with van der Waals surface area (Å²) >= 11 is 0. The van der Waals surface area contributed by atoms with Gasteiger partial charge in [0, 0.05) is 50.4 Å². The Morgan fingerprint density at radius 1 is 1.20 bits per heavy atom. The van der Waals surface area contributed by atoms with Crippen LogP contribution in [0.1, 0.15) is 44.1 Å². The van der Waals surface area contributed by atoms with Crippen LogP contribution in [-0.4, -0.2) is 66.8 Å². The van der Waals surface area contributed by atoms with Crippen LogP contribution < -0.4 is 10.2 Å². The Hall–Kier alpha value is -2.41. The third-order valence-electron chi connectivity index (χ3n) is 7.54. The van der Waals surface area contributed by atoms with Gasteiger partial charge in [-0.25, -0.2) is 0 Å². The van der Waals surface area contributed by atoms with Crippen molar-refractivity contribution < 1.29 is 14.4 Å². The van der Waals surface area contributed by atoms with Crippen LogP contribution in [0.5, 0.6) is 0 Å². The number of likely N-dealkylation sites (N-methyl/N-ethyl adjacent to an activating group) is 1. The summed E-state index contributed by atoms with van der Waals surface area (Å²) in [6.45, 7) is 2.91. The summed E-state index contributed by atoms with van der Waals surface area (Å²) in [6, 6.07) is 8.21. The molecule has 7 nitrogen and oxygen atoms in total. The minimum Gasteiger partial charge on any atom is -0.356 e. The molecule has 7 heteroatoms. The van der Waals surface area contributed by atoms with Crippen molar-refractivity contribution >= 4 is 23.4 Å². The van der Waals surface area contributed by atoms with Gasteiger partial charge in [-0.05, 0) is 44.7 Å². The summed E-state index contributed by atoms with van der Waals surface area (Å²) in [4.78, 5) is 44.7. The summed E-state index contributed by atoms with van der Waals surface area (Å²) in [5.74, 6) is -0.172. The molecule has 1 aromatic rings. The maximum absolute atomic E-state index is 13.6. The van der Waals surface area contributed by atoms with E-state index >= 15 is 0 Å². The van der Waals surface area contributed by atoms with E-state index in [2.05, 4.69) is 10.2 Å². The number of nitrogens with zero attached hydrogens (tertiary/aromatic N) is 3. The lowest BCUT2D eigenvalue weighted by Gasteiger charge is -2.37. The predicted octanol–water partition coefficient (Wildman–Crippen LogP) is 1.47. The molecule has 160 valence electrons. The average molecular weight is 411 g/mol. The van der Waals surface area contributed by atoms with Crippen molar-refractivity contribution in [3.63, 3.8) is 0 Å². The number of fused-ring (bicyclic) bond motifs is 4. The minimum atomic E-state index is -0.874. The first-order valence-electron chi connectivity index (χ1n) is 11.2. The van der Waals surface area contributed by atoms with Crippen LogP contribution in [0, 0.1) is 5.92 Å². The van der Waals surface area contributed by atoms with Gasteiger partial charge >= 0.3 is 0 Å². The van der Waals surface area contributed by atoms with Crippen molar-refractivity contribution in [2.75, 3.05) is 38.1 Å². The molecule has 3 amide bonds. The number of anilines is 1. The molecule has 4 aliphatic rings. The third-order valence-corrected chi connectivity index (χ3v) is 7.54. The van der Waals surface area contributed by atoms with Crippen molar-refractivity contribution in [3.8, 4) is 0 Å². The second-order valence-corrected chi connectivity index (χ2v) is 9.05. The zero-order valence-electron chi connectivity index (χ0n) is 17.6. The van der Waals surface area contributed by atoms with Gasteiger partial charge in [-0.1, -0.05) is 18.2 Å². The van der Waals surface area contributed by atoms with E-state index in [1.54, 1.807) is 4.90 Å². The number of hydrogen-bond donors (Lipinski definition) is 1. The van der Waals surface area contributed by atoms with E-state index in [1.165, 1.54) is 0 Å². The molecule has 0 radical (unpaired) electrons. The predicted molar refractivity (Wildman–Crippen MR) is 113 cm³/mol. The van der Waals surface area contributed by atoms with Gasteiger partial charge in [0.25, 0.3) is 5.91 Å². The number of carbonyl (C=O) groups is 3. The summed E-state index contributed by atoms with van der Waals surface area (Å²) in [7, 11) is 1.82. The minimum absolute atomic E-state index is 0.0240. The highest BCUT2D eigenvalue weighted by Gasteiger charge is 2.66. The maximum atomic E-state index is 13.6. The van der Waals surface area contributed by atoms with Crippen LogP contribution in [-0.2, 0) is 19.9 Å². The Morgan fingerprint density at radius 3 is 2.83 bits per heavy atom. The Kier molecular flexibility index (Phi) is 4.81. The topological polar surface area (TPSA) is 73.0 Å². The van der Waals surface area contributed by atoms with Gasteiger partial charge < -0.3 is 15.1 Å². The Morgan fingerprint density at radius 2 is 2.03 bits per heavy atom. The summed E-state index contributed by atoms with van der Waals surface area (Å²) in [6.07, 6.45) is 5.16. The molecule has 1 spiro atoms. The van der Waals surface area contributed by atoms with Crippen LogP contribution in [0.15, 0.2) is 24.3 Å². The average Bonchev–Trinajstić information content (AvgIpc) is 3.49. The molecular formula is C23H30N4O3. The molecule has 30 heavy (non-hydrogen) atoms.